The van der Waals surface area contributed by atoms with Crippen molar-refractivity contribution in [3.05, 3.63) is 0 Å². The lowest BCUT2D eigenvalue weighted by atomic mass is 9.80. The van der Waals surface area contributed by atoms with Crippen LogP contribution >= 0.6 is 0 Å². The Hall–Kier alpha value is -0.570. The first kappa shape index (κ1) is 11.5. The first-order valence-electron chi connectivity index (χ1n) is 5.49. The van der Waals surface area contributed by atoms with Gasteiger partial charge in [0, 0.05) is 12.1 Å². The van der Waals surface area contributed by atoms with Crippen LogP contribution < -0.4 is 5.32 Å². The van der Waals surface area contributed by atoms with Gasteiger partial charge in [0.15, 0.2) is 0 Å². The molecule has 4 atom stereocenters. The maximum atomic E-state index is 11.7. The van der Waals surface area contributed by atoms with Gasteiger partial charge in [-0.15, -0.1) is 0 Å². The van der Waals surface area contributed by atoms with Crippen molar-refractivity contribution in [3.63, 3.8) is 0 Å². The van der Waals surface area contributed by atoms with E-state index in [0.717, 1.165) is 6.42 Å². The van der Waals surface area contributed by atoms with Gasteiger partial charge in [-0.3, -0.25) is 4.79 Å². The summed E-state index contributed by atoms with van der Waals surface area (Å²) in [5.74, 6) is 0.387. The number of piperidine rings is 1. The van der Waals surface area contributed by atoms with Crippen LogP contribution in [0.3, 0.4) is 0 Å². The van der Waals surface area contributed by atoms with Gasteiger partial charge in [0.25, 0.3) is 0 Å². The highest BCUT2D eigenvalue weighted by atomic mass is 16.5. The Kier molecular flexibility index (Phi) is 3.93. The Balaban J connectivity index is 2.62. The van der Waals surface area contributed by atoms with Crippen molar-refractivity contribution in [1.82, 2.24) is 5.32 Å². The van der Waals surface area contributed by atoms with Crippen molar-refractivity contribution in [3.8, 4) is 0 Å². The standard InChI is InChI=1S/C11H21NO2/c1-5-14-11(13)10-7(2)6-8(3)12-9(10)4/h7-10,12H,5-6H2,1-4H3. The van der Waals surface area contributed by atoms with Gasteiger partial charge in [-0.2, -0.15) is 0 Å². The highest BCUT2D eigenvalue weighted by Gasteiger charge is 2.36. The van der Waals surface area contributed by atoms with Crippen LogP contribution in [0.25, 0.3) is 0 Å². The van der Waals surface area contributed by atoms with Gasteiger partial charge < -0.3 is 10.1 Å². The maximum Gasteiger partial charge on any atom is 0.310 e. The summed E-state index contributed by atoms with van der Waals surface area (Å²) in [4.78, 5) is 11.7. The van der Waals surface area contributed by atoms with Crippen molar-refractivity contribution in [1.29, 1.82) is 0 Å². The molecule has 1 aliphatic heterocycles. The molecule has 1 N–H and O–H groups in total. The summed E-state index contributed by atoms with van der Waals surface area (Å²) in [5, 5.41) is 3.40. The van der Waals surface area contributed by atoms with Crippen LogP contribution in [-0.4, -0.2) is 24.7 Å². The van der Waals surface area contributed by atoms with E-state index in [-0.39, 0.29) is 17.9 Å². The Morgan fingerprint density at radius 1 is 1.43 bits per heavy atom. The highest BCUT2D eigenvalue weighted by Crippen LogP contribution is 2.27. The van der Waals surface area contributed by atoms with Crippen molar-refractivity contribution < 1.29 is 9.53 Å². The smallest absolute Gasteiger partial charge is 0.310 e. The number of rotatable bonds is 2. The molecule has 14 heavy (non-hydrogen) atoms. The molecule has 0 radical (unpaired) electrons. The number of hydrogen-bond acceptors (Lipinski definition) is 3. The normalized spacial score (nSPS) is 38.0. The van der Waals surface area contributed by atoms with E-state index in [1.807, 2.05) is 6.92 Å². The van der Waals surface area contributed by atoms with E-state index >= 15 is 0 Å². The van der Waals surface area contributed by atoms with Gasteiger partial charge in [0.05, 0.1) is 12.5 Å². The van der Waals surface area contributed by atoms with Gasteiger partial charge in [0.2, 0.25) is 0 Å². The number of ether oxygens (including phenoxy) is 1. The fraction of sp³-hybridized carbons (Fsp3) is 0.909. The average molecular weight is 199 g/mol. The zero-order chi connectivity index (χ0) is 10.7. The summed E-state index contributed by atoms with van der Waals surface area (Å²) < 4.78 is 5.08. The summed E-state index contributed by atoms with van der Waals surface area (Å²) in [7, 11) is 0. The number of carbonyl (C=O) groups is 1. The first-order valence-corrected chi connectivity index (χ1v) is 5.49. The van der Waals surface area contributed by atoms with Crippen LogP contribution in [-0.2, 0) is 9.53 Å². The third-order valence-electron chi connectivity index (χ3n) is 2.98. The van der Waals surface area contributed by atoms with Crippen molar-refractivity contribution in [2.75, 3.05) is 6.61 Å². The summed E-state index contributed by atoms with van der Waals surface area (Å²) in [6.07, 6.45) is 1.05. The summed E-state index contributed by atoms with van der Waals surface area (Å²) in [5.41, 5.74) is 0. The monoisotopic (exact) mass is 199 g/mol. The molecule has 0 spiro atoms. The molecular weight excluding hydrogens is 178 g/mol. The molecule has 1 rings (SSSR count). The van der Waals surface area contributed by atoms with E-state index in [4.69, 9.17) is 4.74 Å². The lowest BCUT2D eigenvalue weighted by Gasteiger charge is -2.37. The molecule has 4 unspecified atom stereocenters. The van der Waals surface area contributed by atoms with Gasteiger partial charge in [-0.05, 0) is 33.1 Å². The molecule has 3 heteroatoms. The Morgan fingerprint density at radius 3 is 2.57 bits per heavy atom. The van der Waals surface area contributed by atoms with Crippen LogP contribution in [0.1, 0.15) is 34.1 Å². The van der Waals surface area contributed by atoms with Crippen LogP contribution in [0.2, 0.25) is 0 Å². The van der Waals surface area contributed by atoms with E-state index < -0.39 is 0 Å². The number of hydrogen-bond donors (Lipinski definition) is 1. The minimum absolute atomic E-state index is 0.0196. The molecule has 0 aromatic rings. The molecule has 0 saturated carbocycles. The predicted molar refractivity (Wildman–Crippen MR) is 56.0 cm³/mol. The molecule has 82 valence electrons. The van der Waals surface area contributed by atoms with E-state index in [1.54, 1.807) is 0 Å². The number of esters is 1. The molecule has 0 aromatic carbocycles. The summed E-state index contributed by atoms with van der Waals surface area (Å²) in [6, 6.07) is 0.735. The molecule has 0 bridgehead atoms. The van der Waals surface area contributed by atoms with Crippen LogP contribution in [0.4, 0.5) is 0 Å². The van der Waals surface area contributed by atoms with E-state index in [0.29, 0.717) is 18.6 Å². The van der Waals surface area contributed by atoms with Crippen LogP contribution in [0.15, 0.2) is 0 Å². The fourth-order valence-corrected chi connectivity index (χ4v) is 2.49. The van der Waals surface area contributed by atoms with Crippen molar-refractivity contribution in [2.45, 2.75) is 46.2 Å². The second kappa shape index (κ2) is 4.78. The van der Waals surface area contributed by atoms with E-state index in [2.05, 4.69) is 26.1 Å². The molecule has 0 aromatic heterocycles. The van der Waals surface area contributed by atoms with Crippen molar-refractivity contribution >= 4 is 5.97 Å². The third-order valence-corrected chi connectivity index (χ3v) is 2.98. The first-order chi connectivity index (χ1) is 6.56. The third kappa shape index (κ3) is 2.47. The SMILES string of the molecule is CCOC(=O)C1C(C)CC(C)NC1C. The molecular formula is C11H21NO2. The molecule has 3 nitrogen and oxygen atoms in total. The fourth-order valence-electron chi connectivity index (χ4n) is 2.49. The van der Waals surface area contributed by atoms with Gasteiger partial charge in [0.1, 0.15) is 0 Å². The Labute approximate surface area is 86.2 Å². The highest BCUT2D eigenvalue weighted by molar-refractivity contribution is 5.73. The lowest BCUT2D eigenvalue weighted by Crippen LogP contribution is -2.51. The quantitative estimate of drug-likeness (QED) is 0.686. The molecule has 0 amide bonds. The van der Waals surface area contributed by atoms with Crippen LogP contribution in [0.5, 0.6) is 0 Å². The topological polar surface area (TPSA) is 38.3 Å². The van der Waals surface area contributed by atoms with Crippen LogP contribution in [0, 0.1) is 11.8 Å². The van der Waals surface area contributed by atoms with Gasteiger partial charge in [-0.1, -0.05) is 6.92 Å². The van der Waals surface area contributed by atoms with E-state index in [9.17, 15) is 4.79 Å². The lowest BCUT2D eigenvalue weighted by molar-refractivity contribution is -0.152. The zero-order valence-electron chi connectivity index (χ0n) is 9.54. The summed E-state index contributed by atoms with van der Waals surface area (Å²) >= 11 is 0. The largest absolute Gasteiger partial charge is 0.466 e. The minimum atomic E-state index is -0.0492. The second-order valence-corrected chi connectivity index (χ2v) is 4.35. The molecule has 0 aliphatic carbocycles. The summed E-state index contributed by atoms with van der Waals surface area (Å²) in [6.45, 7) is 8.69. The van der Waals surface area contributed by atoms with Crippen molar-refractivity contribution in [2.24, 2.45) is 11.8 Å². The Bertz CT molecular complexity index is 193. The molecule has 1 fully saturated rings. The Morgan fingerprint density at radius 2 is 2.07 bits per heavy atom. The minimum Gasteiger partial charge on any atom is -0.466 e. The second-order valence-electron chi connectivity index (χ2n) is 4.35. The number of carbonyl (C=O) groups excluding carboxylic acids is 1. The average Bonchev–Trinajstić information content (AvgIpc) is 2.01. The zero-order valence-corrected chi connectivity index (χ0v) is 9.54. The number of nitrogens with one attached hydrogen (secondary N) is 1. The molecule has 1 aliphatic rings. The van der Waals surface area contributed by atoms with Gasteiger partial charge in [-0.25, -0.2) is 0 Å². The predicted octanol–water partition coefficient (Wildman–Crippen LogP) is 1.57. The van der Waals surface area contributed by atoms with Gasteiger partial charge >= 0.3 is 5.97 Å². The van der Waals surface area contributed by atoms with E-state index in [1.165, 1.54) is 0 Å². The maximum absolute atomic E-state index is 11.7. The molecule has 1 saturated heterocycles. The molecule has 1 heterocycles.